The summed E-state index contributed by atoms with van der Waals surface area (Å²) < 4.78 is 13.0. The average molecular weight is 301 g/mol. The summed E-state index contributed by atoms with van der Waals surface area (Å²) in [6.07, 6.45) is 8.26. The third-order valence-corrected chi connectivity index (χ3v) is 6.78. The first-order chi connectivity index (χ1) is 10.3. The van der Waals surface area contributed by atoms with Crippen molar-refractivity contribution >= 4 is 7.12 Å². The molecule has 4 heteroatoms. The van der Waals surface area contributed by atoms with Crippen molar-refractivity contribution in [1.82, 2.24) is 4.90 Å². The molecule has 5 aliphatic rings. The van der Waals surface area contributed by atoms with Crippen LogP contribution >= 0.6 is 0 Å². The maximum atomic E-state index is 6.58. The highest BCUT2D eigenvalue weighted by atomic mass is 16.7. The zero-order valence-electron chi connectivity index (χ0n) is 14.6. The standard InChI is InChI=1S/C18H28BNO2/c1-17(2)13-9-15(17)18(3)16(10-13)21-19(22-18)14-8-6-7-12(14)11-20(4)5/h6,8,13,15-16H,7,9-11H2,1-5H3. The van der Waals surface area contributed by atoms with Crippen molar-refractivity contribution in [2.75, 3.05) is 20.6 Å². The fraction of sp³-hybridized carbons (Fsp3) is 0.778. The second-order valence-electron chi connectivity index (χ2n) is 8.70. The first-order valence-electron chi connectivity index (χ1n) is 8.69. The average Bonchev–Trinajstić information content (AvgIpc) is 2.99. The van der Waals surface area contributed by atoms with Crippen LogP contribution in [0.4, 0.5) is 0 Å². The summed E-state index contributed by atoms with van der Waals surface area (Å²) in [5, 5.41) is 0. The molecular weight excluding hydrogens is 273 g/mol. The first-order valence-corrected chi connectivity index (χ1v) is 8.69. The minimum atomic E-state index is -0.154. The molecule has 0 aromatic rings. The lowest BCUT2D eigenvalue weighted by molar-refractivity contribution is -0.199. The van der Waals surface area contributed by atoms with Gasteiger partial charge in [0, 0.05) is 6.54 Å². The molecule has 5 rings (SSSR count). The van der Waals surface area contributed by atoms with Crippen LogP contribution in [0.1, 0.15) is 40.0 Å². The van der Waals surface area contributed by atoms with Gasteiger partial charge in [-0.3, -0.25) is 0 Å². The molecule has 0 spiro atoms. The van der Waals surface area contributed by atoms with E-state index in [2.05, 4.69) is 51.9 Å². The van der Waals surface area contributed by atoms with Gasteiger partial charge >= 0.3 is 7.12 Å². The summed E-state index contributed by atoms with van der Waals surface area (Å²) in [5.74, 6) is 1.45. The van der Waals surface area contributed by atoms with Gasteiger partial charge in [0.25, 0.3) is 0 Å². The SMILES string of the molecule is CN(C)CC1=C(B2OC3CC4CC(C4(C)C)C3(C)O2)C=CC1. The van der Waals surface area contributed by atoms with E-state index in [1.165, 1.54) is 17.5 Å². The van der Waals surface area contributed by atoms with Gasteiger partial charge in [-0.15, -0.1) is 0 Å². The molecule has 0 aromatic carbocycles. The Labute approximate surface area is 134 Å². The quantitative estimate of drug-likeness (QED) is 0.748. The van der Waals surface area contributed by atoms with Crippen LogP contribution in [-0.2, 0) is 9.31 Å². The van der Waals surface area contributed by atoms with Crippen LogP contribution in [0, 0.1) is 17.3 Å². The third kappa shape index (κ3) is 1.93. The molecule has 4 unspecified atom stereocenters. The fourth-order valence-electron chi connectivity index (χ4n) is 5.35. The zero-order chi connectivity index (χ0) is 15.7. The Kier molecular flexibility index (Phi) is 3.21. The lowest BCUT2D eigenvalue weighted by atomic mass is 9.43. The summed E-state index contributed by atoms with van der Waals surface area (Å²) in [6, 6.07) is 0. The molecule has 3 nitrogen and oxygen atoms in total. The first kappa shape index (κ1) is 15.0. The Bertz CT molecular complexity index is 553. The highest BCUT2D eigenvalue weighted by Gasteiger charge is 2.68. The maximum absolute atomic E-state index is 6.58. The molecule has 0 radical (unpaired) electrons. The largest absolute Gasteiger partial charge is 0.494 e. The van der Waals surface area contributed by atoms with Crippen LogP contribution in [0.3, 0.4) is 0 Å². The summed E-state index contributed by atoms with van der Waals surface area (Å²) in [6.45, 7) is 8.11. The number of nitrogens with zero attached hydrogens (tertiary/aromatic N) is 1. The third-order valence-electron chi connectivity index (χ3n) is 6.78. The molecule has 4 fully saturated rings. The zero-order valence-corrected chi connectivity index (χ0v) is 14.6. The molecule has 3 saturated carbocycles. The Morgan fingerprint density at radius 1 is 1.27 bits per heavy atom. The molecule has 1 saturated heterocycles. The van der Waals surface area contributed by atoms with E-state index in [-0.39, 0.29) is 18.8 Å². The highest BCUT2D eigenvalue weighted by molar-refractivity contribution is 6.56. The van der Waals surface area contributed by atoms with Gasteiger partial charge in [0.15, 0.2) is 0 Å². The Morgan fingerprint density at radius 3 is 2.73 bits per heavy atom. The second-order valence-corrected chi connectivity index (χ2v) is 8.70. The minimum absolute atomic E-state index is 0.102. The summed E-state index contributed by atoms with van der Waals surface area (Å²) in [7, 11) is 4.09. The molecule has 4 atom stereocenters. The van der Waals surface area contributed by atoms with E-state index >= 15 is 0 Å². The molecule has 1 heterocycles. The van der Waals surface area contributed by atoms with Crippen LogP contribution < -0.4 is 0 Å². The lowest BCUT2D eigenvalue weighted by Crippen LogP contribution is -2.65. The second kappa shape index (κ2) is 4.72. The van der Waals surface area contributed by atoms with Gasteiger partial charge in [0.05, 0.1) is 11.7 Å². The Morgan fingerprint density at radius 2 is 2.05 bits per heavy atom. The highest BCUT2D eigenvalue weighted by Crippen LogP contribution is 2.66. The van der Waals surface area contributed by atoms with Gasteiger partial charge < -0.3 is 14.2 Å². The molecule has 0 N–H and O–H groups in total. The van der Waals surface area contributed by atoms with Crippen molar-refractivity contribution in [3.8, 4) is 0 Å². The van der Waals surface area contributed by atoms with E-state index < -0.39 is 0 Å². The van der Waals surface area contributed by atoms with Crippen LogP contribution in [0.2, 0.25) is 0 Å². The van der Waals surface area contributed by atoms with Crippen molar-refractivity contribution in [3.63, 3.8) is 0 Å². The van der Waals surface area contributed by atoms with Crippen molar-refractivity contribution in [3.05, 3.63) is 23.2 Å². The van der Waals surface area contributed by atoms with E-state index in [1.807, 2.05) is 0 Å². The minimum Gasteiger partial charge on any atom is -0.402 e. The lowest BCUT2D eigenvalue weighted by Gasteiger charge is -2.64. The van der Waals surface area contributed by atoms with Gasteiger partial charge in [-0.2, -0.15) is 0 Å². The maximum Gasteiger partial charge on any atom is 0.494 e. The molecule has 120 valence electrons. The predicted octanol–water partition coefficient (Wildman–Crippen LogP) is 3.07. The van der Waals surface area contributed by atoms with Gasteiger partial charge in [-0.1, -0.05) is 31.6 Å². The van der Waals surface area contributed by atoms with Gasteiger partial charge in [-0.05, 0) is 63.0 Å². The van der Waals surface area contributed by atoms with E-state index in [4.69, 9.17) is 9.31 Å². The predicted molar refractivity (Wildman–Crippen MR) is 89.4 cm³/mol. The normalized spacial score (nSPS) is 42.1. The van der Waals surface area contributed by atoms with E-state index in [9.17, 15) is 0 Å². The molecule has 2 bridgehead atoms. The number of hydrogen-bond donors (Lipinski definition) is 0. The van der Waals surface area contributed by atoms with Gasteiger partial charge in [0.2, 0.25) is 0 Å². The van der Waals surface area contributed by atoms with Crippen LogP contribution in [0.5, 0.6) is 0 Å². The molecule has 0 amide bonds. The fourth-order valence-corrected chi connectivity index (χ4v) is 5.35. The van der Waals surface area contributed by atoms with Crippen molar-refractivity contribution in [2.24, 2.45) is 17.3 Å². The van der Waals surface area contributed by atoms with Gasteiger partial charge in [-0.25, -0.2) is 0 Å². The summed E-state index contributed by atoms with van der Waals surface area (Å²) in [4.78, 5) is 2.23. The molecule has 22 heavy (non-hydrogen) atoms. The van der Waals surface area contributed by atoms with Crippen molar-refractivity contribution in [1.29, 1.82) is 0 Å². The van der Waals surface area contributed by atoms with Crippen LogP contribution in [0.25, 0.3) is 0 Å². The van der Waals surface area contributed by atoms with Crippen LogP contribution in [-0.4, -0.2) is 44.4 Å². The molecular formula is C18H28BNO2. The van der Waals surface area contributed by atoms with Gasteiger partial charge in [0.1, 0.15) is 0 Å². The van der Waals surface area contributed by atoms with E-state index in [0.717, 1.165) is 25.3 Å². The number of allylic oxidation sites excluding steroid dienone is 3. The van der Waals surface area contributed by atoms with E-state index in [0.29, 0.717) is 11.3 Å². The van der Waals surface area contributed by atoms with Crippen molar-refractivity contribution < 1.29 is 9.31 Å². The molecule has 0 aromatic heterocycles. The number of hydrogen-bond acceptors (Lipinski definition) is 3. The summed E-state index contributed by atoms with van der Waals surface area (Å²) in [5.41, 5.74) is 3.04. The smallest absolute Gasteiger partial charge is 0.402 e. The summed E-state index contributed by atoms with van der Waals surface area (Å²) >= 11 is 0. The number of likely N-dealkylation sites (N-methyl/N-ethyl adjacent to an activating group) is 1. The number of rotatable bonds is 3. The van der Waals surface area contributed by atoms with Crippen molar-refractivity contribution in [2.45, 2.75) is 51.7 Å². The molecule has 1 aliphatic heterocycles. The monoisotopic (exact) mass is 301 g/mol. The van der Waals surface area contributed by atoms with E-state index in [1.54, 1.807) is 0 Å². The van der Waals surface area contributed by atoms with Crippen LogP contribution in [0.15, 0.2) is 23.2 Å². The molecule has 4 aliphatic carbocycles. The topological polar surface area (TPSA) is 21.7 Å². The Balaban J connectivity index is 1.59. The Hall–Kier alpha value is -0.575.